The Bertz CT molecular complexity index is 479. The molecule has 1 saturated heterocycles. The van der Waals surface area contributed by atoms with Gasteiger partial charge in [0.05, 0.1) is 77.2 Å². The molecule has 0 amide bonds. The van der Waals surface area contributed by atoms with E-state index < -0.39 is 12.0 Å². The highest BCUT2D eigenvalue weighted by molar-refractivity contribution is 7.91. The van der Waals surface area contributed by atoms with Crippen molar-refractivity contribution in [1.82, 2.24) is 4.67 Å². The Kier molecular flexibility index (Phi) is 13.6. The number of thiol groups is 1. The molecule has 8 nitrogen and oxygen atoms in total. The highest BCUT2D eigenvalue weighted by Crippen LogP contribution is 2.63. The van der Waals surface area contributed by atoms with Crippen LogP contribution in [0.5, 0.6) is 0 Å². The van der Waals surface area contributed by atoms with Crippen molar-refractivity contribution in [3.63, 3.8) is 0 Å². The molecule has 1 aliphatic rings. The van der Waals surface area contributed by atoms with Gasteiger partial charge in [0, 0.05) is 13.1 Å². The summed E-state index contributed by atoms with van der Waals surface area (Å²) in [5, 5.41) is 0. The van der Waals surface area contributed by atoms with Crippen LogP contribution in [0.4, 0.5) is 0 Å². The molecule has 1 fully saturated rings. The van der Waals surface area contributed by atoms with E-state index >= 15 is 0 Å². The van der Waals surface area contributed by atoms with Crippen LogP contribution in [0.1, 0.15) is 34.6 Å². The molecule has 180 valence electrons. The Hall–Kier alpha value is 0.300. The molecule has 1 heterocycles. The molecule has 0 aromatic rings. The number of hydrogen-bond donors (Lipinski definition) is 1. The molecule has 0 aromatic carbocycles. The smallest absolute Gasteiger partial charge is 0.287 e. The van der Waals surface area contributed by atoms with Gasteiger partial charge in [-0.1, -0.05) is 20.8 Å². The fraction of sp³-hybridized carbons (Fsp3) is 1.00. The molecule has 1 unspecified atom stereocenters. The second-order valence-corrected chi connectivity index (χ2v) is 13.3. The first-order chi connectivity index (χ1) is 14.1. The molecular formula is C20H42NO7PS. The number of rotatable bonds is 4. The van der Waals surface area contributed by atoms with Crippen molar-refractivity contribution in [1.29, 1.82) is 0 Å². The third-order valence-electron chi connectivity index (χ3n) is 4.21. The molecule has 10 heteroatoms. The van der Waals surface area contributed by atoms with Crippen LogP contribution in [0.2, 0.25) is 0 Å². The number of ether oxygens (including phenoxy) is 5. The summed E-state index contributed by atoms with van der Waals surface area (Å²) in [5.74, 6) is 0. The van der Waals surface area contributed by atoms with E-state index in [1.165, 1.54) is 0 Å². The zero-order chi connectivity index (χ0) is 22.5. The lowest BCUT2D eigenvalue weighted by Crippen LogP contribution is -2.36. The van der Waals surface area contributed by atoms with E-state index in [9.17, 15) is 4.57 Å². The first-order valence-corrected chi connectivity index (χ1v) is 12.7. The fourth-order valence-electron chi connectivity index (χ4n) is 2.56. The Labute approximate surface area is 188 Å². The Morgan fingerprint density at radius 2 is 1.07 bits per heavy atom. The van der Waals surface area contributed by atoms with Crippen LogP contribution in [-0.2, 0) is 32.8 Å². The molecular weight excluding hydrogens is 429 g/mol. The topological polar surface area (TPSA) is 75.7 Å². The molecule has 0 aliphatic carbocycles. The van der Waals surface area contributed by atoms with Crippen LogP contribution in [0, 0.1) is 5.41 Å². The van der Waals surface area contributed by atoms with Crippen molar-refractivity contribution < 1.29 is 32.8 Å². The molecule has 0 bridgehead atoms. The molecule has 0 spiro atoms. The minimum Gasteiger partial charge on any atom is -0.378 e. The van der Waals surface area contributed by atoms with Gasteiger partial charge in [-0.2, -0.15) is 12.6 Å². The average Bonchev–Trinajstić information content (AvgIpc) is 2.64. The van der Waals surface area contributed by atoms with Crippen LogP contribution >= 0.6 is 20.1 Å². The van der Waals surface area contributed by atoms with E-state index in [2.05, 4.69) is 33.4 Å². The van der Waals surface area contributed by atoms with E-state index in [1.807, 2.05) is 18.5 Å². The van der Waals surface area contributed by atoms with Crippen molar-refractivity contribution in [2.24, 2.45) is 5.41 Å². The SMILES string of the molecule is CC(C)(C)COP(=O)(N1CCOCCOCCOCCOCCOCC1)C(C)(C)S. The number of nitrogens with zero attached hydrogens (tertiary/aromatic N) is 1. The second kappa shape index (κ2) is 14.4. The van der Waals surface area contributed by atoms with Crippen molar-refractivity contribution in [2.45, 2.75) is 39.1 Å². The first-order valence-electron chi connectivity index (χ1n) is 10.7. The molecule has 1 atom stereocenters. The van der Waals surface area contributed by atoms with E-state index in [0.29, 0.717) is 85.8 Å². The second-order valence-electron chi connectivity index (χ2n) is 8.86. The third kappa shape index (κ3) is 11.8. The predicted octanol–water partition coefficient (Wildman–Crippen LogP) is 3.31. The summed E-state index contributed by atoms with van der Waals surface area (Å²) in [6.45, 7) is 15.9. The minimum absolute atomic E-state index is 0.114. The van der Waals surface area contributed by atoms with Gasteiger partial charge in [-0.25, -0.2) is 4.67 Å². The average molecular weight is 472 g/mol. The molecule has 1 rings (SSSR count). The summed E-state index contributed by atoms with van der Waals surface area (Å²) in [6, 6.07) is 0. The summed E-state index contributed by atoms with van der Waals surface area (Å²) in [4.78, 5) is 0. The normalized spacial score (nSPS) is 23.3. The Balaban J connectivity index is 2.78. The summed E-state index contributed by atoms with van der Waals surface area (Å²) in [7, 11) is -3.27. The Morgan fingerprint density at radius 3 is 1.37 bits per heavy atom. The van der Waals surface area contributed by atoms with Crippen molar-refractivity contribution in [2.75, 3.05) is 85.8 Å². The van der Waals surface area contributed by atoms with Crippen LogP contribution in [-0.4, -0.2) is 94.9 Å². The van der Waals surface area contributed by atoms with E-state index in [4.69, 9.17) is 28.2 Å². The van der Waals surface area contributed by atoms with Gasteiger partial charge < -0.3 is 28.2 Å². The Morgan fingerprint density at radius 1 is 0.733 bits per heavy atom. The van der Waals surface area contributed by atoms with Gasteiger partial charge in [0.2, 0.25) is 0 Å². The van der Waals surface area contributed by atoms with Crippen molar-refractivity contribution in [3.05, 3.63) is 0 Å². The lowest BCUT2D eigenvalue weighted by Gasteiger charge is -2.39. The molecule has 1 aliphatic heterocycles. The zero-order valence-electron chi connectivity index (χ0n) is 19.4. The van der Waals surface area contributed by atoms with E-state index in [0.717, 1.165) is 0 Å². The first kappa shape index (κ1) is 28.3. The molecule has 30 heavy (non-hydrogen) atoms. The predicted molar refractivity (Wildman–Crippen MR) is 122 cm³/mol. The summed E-state index contributed by atoms with van der Waals surface area (Å²) < 4.78 is 48.9. The van der Waals surface area contributed by atoms with Gasteiger partial charge in [0.15, 0.2) is 0 Å². The lowest BCUT2D eigenvalue weighted by atomic mass is 9.99. The summed E-state index contributed by atoms with van der Waals surface area (Å²) in [5.41, 5.74) is -0.114. The van der Waals surface area contributed by atoms with Gasteiger partial charge in [-0.3, -0.25) is 4.57 Å². The van der Waals surface area contributed by atoms with Gasteiger partial charge >= 0.3 is 0 Å². The summed E-state index contributed by atoms with van der Waals surface area (Å²) in [6.07, 6.45) is 0. The molecule has 0 radical (unpaired) electrons. The highest BCUT2D eigenvalue weighted by Gasteiger charge is 2.45. The molecule has 0 N–H and O–H groups in total. The zero-order valence-corrected chi connectivity index (χ0v) is 21.2. The van der Waals surface area contributed by atoms with Gasteiger partial charge in [0.1, 0.15) is 0 Å². The highest BCUT2D eigenvalue weighted by atomic mass is 32.1. The van der Waals surface area contributed by atoms with Crippen LogP contribution in [0.15, 0.2) is 0 Å². The molecule has 0 saturated carbocycles. The van der Waals surface area contributed by atoms with Crippen LogP contribution in [0.25, 0.3) is 0 Å². The maximum Gasteiger partial charge on any atom is 0.287 e. The lowest BCUT2D eigenvalue weighted by molar-refractivity contribution is -0.0158. The van der Waals surface area contributed by atoms with E-state index in [1.54, 1.807) is 0 Å². The van der Waals surface area contributed by atoms with E-state index in [-0.39, 0.29) is 5.41 Å². The minimum atomic E-state index is -3.27. The van der Waals surface area contributed by atoms with Crippen molar-refractivity contribution in [3.8, 4) is 0 Å². The van der Waals surface area contributed by atoms with Gasteiger partial charge in [0.25, 0.3) is 7.52 Å². The van der Waals surface area contributed by atoms with Crippen molar-refractivity contribution >= 4 is 20.1 Å². The monoisotopic (exact) mass is 471 g/mol. The quantitative estimate of drug-likeness (QED) is 0.495. The maximum absolute atomic E-state index is 14.0. The van der Waals surface area contributed by atoms with Gasteiger partial charge in [-0.05, 0) is 19.3 Å². The van der Waals surface area contributed by atoms with Crippen LogP contribution < -0.4 is 0 Å². The third-order valence-corrected chi connectivity index (χ3v) is 7.98. The largest absolute Gasteiger partial charge is 0.378 e. The molecule has 0 aromatic heterocycles. The fourth-order valence-corrected chi connectivity index (χ4v) is 5.54. The van der Waals surface area contributed by atoms with Crippen LogP contribution in [0.3, 0.4) is 0 Å². The van der Waals surface area contributed by atoms with Gasteiger partial charge in [-0.15, -0.1) is 0 Å². The standard InChI is InChI=1S/C20H42NO7PS/c1-19(2,3)18-28-29(22,20(4,5)30)21-6-8-23-10-12-25-14-16-27-17-15-26-13-11-24-9-7-21/h30H,6-18H2,1-5H3. The number of hydrogen-bond acceptors (Lipinski definition) is 8. The maximum atomic E-state index is 14.0. The summed E-state index contributed by atoms with van der Waals surface area (Å²) >= 11 is 4.64.